The first-order chi connectivity index (χ1) is 28.7. The third kappa shape index (κ3) is 8.83. The minimum atomic E-state index is -0.372. The van der Waals surface area contributed by atoms with Gasteiger partial charge in [0, 0.05) is 50.7 Å². The predicted molar refractivity (Wildman–Crippen MR) is 225 cm³/mol. The van der Waals surface area contributed by atoms with E-state index in [0.717, 1.165) is 95.6 Å². The first kappa shape index (κ1) is 40.4. The molecule has 1 saturated carbocycles. The lowest BCUT2D eigenvalue weighted by Gasteiger charge is -2.43. The van der Waals surface area contributed by atoms with E-state index in [1.54, 1.807) is 43.6 Å². The monoisotopic (exact) mass is 807 g/mol. The van der Waals surface area contributed by atoms with E-state index in [4.69, 9.17) is 9.72 Å². The Balaban J connectivity index is 0.798. The molecule has 8 rings (SSSR count). The zero-order valence-corrected chi connectivity index (χ0v) is 34.4. The maximum absolute atomic E-state index is 13.4. The second kappa shape index (κ2) is 17.9. The summed E-state index contributed by atoms with van der Waals surface area (Å²) in [5.41, 5.74) is 6.60. The van der Waals surface area contributed by atoms with Gasteiger partial charge in [0.15, 0.2) is 5.82 Å². The number of hydrogen-bond donors (Lipinski definition) is 4. The van der Waals surface area contributed by atoms with Gasteiger partial charge in [0.05, 0.1) is 42.5 Å². The Kier molecular flexibility index (Phi) is 12.2. The van der Waals surface area contributed by atoms with Crippen molar-refractivity contribution in [3.63, 3.8) is 0 Å². The van der Waals surface area contributed by atoms with Gasteiger partial charge in [0.25, 0.3) is 5.91 Å². The number of hydrazine groups is 1. The SMILES string of the molecule is CC[C@@H]1C(=O)N(C)c2cnc(Nc3ccc(C(=O)NN4CCC(N5CCC(CNc6ccc(C7CCC(=O)NC7=O)nc6)CC5)CC4)cc3OC)nc2N1C1CCCC1. The first-order valence-corrected chi connectivity index (χ1v) is 21.4. The van der Waals surface area contributed by atoms with Gasteiger partial charge in [-0.05, 0) is 101 Å². The van der Waals surface area contributed by atoms with Crippen molar-refractivity contribution < 1.29 is 23.9 Å². The van der Waals surface area contributed by atoms with Crippen LogP contribution in [0.2, 0.25) is 0 Å². The summed E-state index contributed by atoms with van der Waals surface area (Å²) in [5, 5.41) is 11.3. The molecule has 16 nitrogen and oxygen atoms in total. The Morgan fingerprint density at radius 3 is 2.39 bits per heavy atom. The van der Waals surface area contributed by atoms with E-state index in [0.29, 0.717) is 65.6 Å². The van der Waals surface area contributed by atoms with Gasteiger partial charge in [0.1, 0.15) is 17.5 Å². The smallest absolute Gasteiger partial charge is 0.265 e. The molecule has 4 amide bonds. The molecule has 0 spiro atoms. The van der Waals surface area contributed by atoms with Crippen LogP contribution in [-0.4, -0.2) is 113 Å². The fourth-order valence-electron chi connectivity index (χ4n) is 9.53. The maximum atomic E-state index is 13.4. The van der Waals surface area contributed by atoms with Crippen molar-refractivity contribution >= 4 is 52.5 Å². The van der Waals surface area contributed by atoms with Crippen LogP contribution in [0.1, 0.15) is 99.5 Å². The summed E-state index contributed by atoms with van der Waals surface area (Å²) in [6.07, 6.45) is 13.6. The number of carbonyl (C=O) groups excluding carboxylic acids is 4. The summed E-state index contributed by atoms with van der Waals surface area (Å²) in [5.74, 6) is 1.28. The molecule has 0 radical (unpaired) electrons. The molecule has 4 aliphatic heterocycles. The Morgan fingerprint density at radius 2 is 1.69 bits per heavy atom. The second-order valence-corrected chi connectivity index (χ2v) is 16.6. The number of rotatable bonds is 12. The van der Waals surface area contributed by atoms with E-state index >= 15 is 0 Å². The molecule has 4 N–H and O–H groups in total. The number of anilines is 5. The number of nitrogens with one attached hydrogen (secondary N) is 4. The number of amides is 4. The standard InChI is InChI=1S/C43H57N11O5/c1-4-35-42(58)51(2)36-26-46-43(49-39(36)54(35)31-7-5-6-8-31)47-34-12-9-28(23-37(34)59-3)40(56)50-53-21-17-30(18-22-53)52-19-15-27(16-20-52)24-44-29-10-13-33(45-25-29)32-11-14-38(55)48-41(32)57/h9-10,12-13,23,25-27,30-32,35,44H,4-8,11,14-22,24H2,1-3H3,(H,50,56)(H,46,47,49)(H,48,55,57)/t32?,35-/m1/s1. The number of ether oxygens (including phenoxy) is 1. The number of nitrogens with zero attached hydrogens (tertiary/aromatic N) is 7. The van der Waals surface area contributed by atoms with Crippen LogP contribution in [0.15, 0.2) is 42.7 Å². The highest BCUT2D eigenvalue weighted by atomic mass is 16.5. The Labute approximate surface area is 345 Å². The number of hydrogen-bond acceptors (Lipinski definition) is 13. The van der Waals surface area contributed by atoms with Crippen LogP contribution in [0.3, 0.4) is 0 Å². The Hall–Kier alpha value is -5.35. The largest absolute Gasteiger partial charge is 0.495 e. The zero-order chi connectivity index (χ0) is 41.0. The third-order valence-electron chi connectivity index (χ3n) is 13.0. The van der Waals surface area contributed by atoms with E-state index in [-0.39, 0.29) is 41.6 Å². The minimum absolute atomic E-state index is 0.0752. The number of likely N-dealkylation sites (tertiary alicyclic amines) is 1. The van der Waals surface area contributed by atoms with E-state index in [9.17, 15) is 19.2 Å². The second-order valence-electron chi connectivity index (χ2n) is 16.6. The fraction of sp³-hybridized carbons (Fsp3) is 0.558. The highest BCUT2D eigenvalue weighted by Crippen LogP contribution is 2.40. The van der Waals surface area contributed by atoms with Crippen molar-refractivity contribution in [2.75, 3.05) is 67.3 Å². The lowest BCUT2D eigenvalue weighted by molar-refractivity contribution is -0.134. The molecular weight excluding hydrogens is 751 g/mol. The van der Waals surface area contributed by atoms with E-state index in [1.807, 2.05) is 23.2 Å². The molecule has 1 aromatic carbocycles. The number of aromatic nitrogens is 3. The molecule has 16 heteroatoms. The normalized spacial score (nSPS) is 22.6. The van der Waals surface area contributed by atoms with Crippen LogP contribution in [0.25, 0.3) is 0 Å². The molecule has 4 fully saturated rings. The zero-order valence-electron chi connectivity index (χ0n) is 34.4. The molecule has 314 valence electrons. The van der Waals surface area contributed by atoms with Crippen LogP contribution in [0.4, 0.5) is 28.8 Å². The fourth-order valence-corrected chi connectivity index (χ4v) is 9.53. The number of carbonyl (C=O) groups is 4. The number of pyridine rings is 1. The van der Waals surface area contributed by atoms with Crippen LogP contribution < -0.4 is 35.9 Å². The summed E-state index contributed by atoms with van der Waals surface area (Å²) < 4.78 is 5.73. The first-order valence-electron chi connectivity index (χ1n) is 21.4. The van der Waals surface area contributed by atoms with E-state index < -0.39 is 0 Å². The number of imide groups is 1. The summed E-state index contributed by atoms with van der Waals surface area (Å²) in [4.78, 5) is 71.0. The number of fused-ring (bicyclic) bond motifs is 1. The minimum Gasteiger partial charge on any atom is -0.495 e. The molecule has 5 aliphatic rings. The van der Waals surface area contributed by atoms with Gasteiger partial charge in [-0.1, -0.05) is 19.8 Å². The maximum Gasteiger partial charge on any atom is 0.265 e. The Morgan fingerprint density at radius 1 is 0.915 bits per heavy atom. The number of likely N-dealkylation sites (N-methyl/N-ethyl adjacent to an activating group) is 1. The summed E-state index contributed by atoms with van der Waals surface area (Å²) in [6, 6.07) is 9.70. The van der Waals surface area contributed by atoms with Crippen LogP contribution in [-0.2, 0) is 14.4 Å². The van der Waals surface area contributed by atoms with Gasteiger partial charge in [0.2, 0.25) is 23.7 Å². The Bertz CT molecular complexity index is 2010. The van der Waals surface area contributed by atoms with Gasteiger partial charge < -0.3 is 30.1 Å². The average molecular weight is 808 g/mol. The van der Waals surface area contributed by atoms with Crippen molar-refractivity contribution in [2.45, 2.75) is 102 Å². The molecule has 0 bridgehead atoms. The number of methoxy groups -OCH3 is 1. The summed E-state index contributed by atoms with van der Waals surface area (Å²) >= 11 is 0. The molecule has 1 unspecified atom stereocenters. The van der Waals surface area contributed by atoms with Gasteiger partial charge in [-0.25, -0.2) is 9.99 Å². The van der Waals surface area contributed by atoms with Crippen molar-refractivity contribution in [1.82, 2.24) is 35.6 Å². The third-order valence-corrected chi connectivity index (χ3v) is 13.0. The van der Waals surface area contributed by atoms with Crippen molar-refractivity contribution in [2.24, 2.45) is 5.92 Å². The number of piperidine rings is 3. The van der Waals surface area contributed by atoms with Gasteiger partial charge in [-0.3, -0.25) is 34.9 Å². The molecule has 59 heavy (non-hydrogen) atoms. The highest BCUT2D eigenvalue weighted by Gasteiger charge is 2.41. The predicted octanol–water partition coefficient (Wildman–Crippen LogP) is 4.58. The molecule has 6 heterocycles. The van der Waals surface area contributed by atoms with Crippen LogP contribution in [0, 0.1) is 5.92 Å². The van der Waals surface area contributed by atoms with E-state index in [2.05, 4.69) is 48.1 Å². The van der Waals surface area contributed by atoms with E-state index in [1.165, 1.54) is 0 Å². The highest BCUT2D eigenvalue weighted by molar-refractivity contribution is 6.04. The van der Waals surface area contributed by atoms with Gasteiger partial charge in [-0.2, -0.15) is 4.98 Å². The van der Waals surface area contributed by atoms with Gasteiger partial charge >= 0.3 is 0 Å². The molecule has 2 aromatic heterocycles. The molecule has 1 aliphatic carbocycles. The van der Waals surface area contributed by atoms with Crippen molar-refractivity contribution in [3.8, 4) is 5.75 Å². The summed E-state index contributed by atoms with van der Waals surface area (Å²) in [6.45, 7) is 6.60. The molecule has 3 aromatic rings. The number of benzene rings is 1. The lowest BCUT2D eigenvalue weighted by Crippen LogP contribution is -2.55. The molecule has 2 atom stereocenters. The topological polar surface area (TPSA) is 177 Å². The lowest BCUT2D eigenvalue weighted by atomic mass is 9.93. The van der Waals surface area contributed by atoms with Crippen molar-refractivity contribution in [1.29, 1.82) is 0 Å². The van der Waals surface area contributed by atoms with Crippen LogP contribution >= 0.6 is 0 Å². The van der Waals surface area contributed by atoms with Crippen LogP contribution in [0.5, 0.6) is 5.75 Å². The van der Waals surface area contributed by atoms with Gasteiger partial charge in [-0.15, -0.1) is 0 Å². The molecule has 3 saturated heterocycles. The molecular formula is C43H57N11O5. The average Bonchev–Trinajstić information content (AvgIpc) is 3.80. The summed E-state index contributed by atoms with van der Waals surface area (Å²) in [7, 11) is 3.37. The van der Waals surface area contributed by atoms with Crippen molar-refractivity contribution in [3.05, 3.63) is 54.0 Å². The quantitative estimate of drug-likeness (QED) is 0.187.